The van der Waals surface area contributed by atoms with Crippen molar-refractivity contribution in [2.24, 2.45) is 5.92 Å². The molecule has 0 aromatic heterocycles. The number of amides is 2. The van der Waals surface area contributed by atoms with E-state index in [4.69, 9.17) is 9.47 Å². The molecule has 0 bridgehead atoms. The van der Waals surface area contributed by atoms with E-state index in [0.717, 1.165) is 16.7 Å². The third-order valence-corrected chi connectivity index (χ3v) is 8.57. The maximum atomic E-state index is 13.0. The molecule has 2 amide bonds. The van der Waals surface area contributed by atoms with Crippen LogP contribution >= 0.6 is 0 Å². The van der Waals surface area contributed by atoms with Crippen LogP contribution in [-0.2, 0) is 16.1 Å². The van der Waals surface area contributed by atoms with Gasteiger partial charge >= 0.3 is 0 Å². The Bertz CT molecular complexity index is 1640. The minimum Gasteiger partial charge on any atom is -0.508 e. The van der Waals surface area contributed by atoms with Crippen LogP contribution < -0.4 is 4.90 Å². The molecule has 1 saturated heterocycles. The smallest absolute Gasteiger partial charge is 0.266 e. The first kappa shape index (κ1) is 30.6. The topological polar surface area (TPSA) is 120 Å². The summed E-state index contributed by atoms with van der Waals surface area (Å²) in [4.78, 5) is 29.2. The second kappa shape index (κ2) is 12.9. The van der Waals surface area contributed by atoms with E-state index in [1.54, 1.807) is 72.8 Å². The Morgan fingerprint density at radius 3 is 2.11 bits per heavy atom. The quantitative estimate of drug-likeness (QED) is 0.224. The van der Waals surface area contributed by atoms with E-state index in [0.29, 0.717) is 35.5 Å². The number of aliphatic hydroxyl groups excluding tert-OH is 2. The highest BCUT2D eigenvalue weighted by molar-refractivity contribution is 6.34. The first-order valence-electron chi connectivity index (χ1n) is 15.0. The van der Waals surface area contributed by atoms with Crippen LogP contribution in [0.4, 0.5) is 5.69 Å². The Morgan fingerprint density at radius 1 is 0.844 bits per heavy atom. The molecule has 4 aromatic carbocycles. The predicted octanol–water partition coefficient (Wildman–Crippen LogP) is 5.14. The zero-order chi connectivity index (χ0) is 31.7. The summed E-state index contributed by atoms with van der Waals surface area (Å²) in [5.41, 5.74) is 4.33. The minimum absolute atomic E-state index is 0.0541. The van der Waals surface area contributed by atoms with Gasteiger partial charge in [-0.3, -0.25) is 9.59 Å². The zero-order valence-electron chi connectivity index (χ0n) is 25.1. The predicted molar refractivity (Wildman–Crippen MR) is 168 cm³/mol. The van der Waals surface area contributed by atoms with Crippen LogP contribution in [0.2, 0.25) is 0 Å². The van der Waals surface area contributed by atoms with Gasteiger partial charge in [0.2, 0.25) is 0 Å². The van der Waals surface area contributed by atoms with Crippen molar-refractivity contribution in [1.29, 1.82) is 0 Å². The summed E-state index contributed by atoms with van der Waals surface area (Å²) in [7, 11) is 1.91. The fourth-order valence-electron chi connectivity index (χ4n) is 6.05. The molecule has 0 spiro atoms. The van der Waals surface area contributed by atoms with E-state index in [1.807, 2.05) is 36.2 Å². The molecule has 0 aliphatic carbocycles. The van der Waals surface area contributed by atoms with Gasteiger partial charge in [-0.2, -0.15) is 0 Å². The number of nitrogens with zero attached hydrogens (tertiary/aromatic N) is 2. The number of likely N-dealkylation sites (N-methyl/N-ethyl adjacent to an activating group) is 1. The van der Waals surface area contributed by atoms with Gasteiger partial charge in [-0.05, 0) is 60.1 Å². The van der Waals surface area contributed by atoms with Crippen molar-refractivity contribution in [2.45, 2.75) is 38.1 Å². The molecule has 4 aromatic rings. The highest BCUT2D eigenvalue weighted by atomic mass is 16.7. The number of anilines is 1. The average Bonchev–Trinajstić information content (AvgIpc) is 3.31. The largest absolute Gasteiger partial charge is 0.508 e. The molecule has 0 unspecified atom stereocenters. The third kappa shape index (κ3) is 6.26. The van der Waals surface area contributed by atoms with Gasteiger partial charge in [0.25, 0.3) is 11.8 Å². The van der Waals surface area contributed by atoms with E-state index < -0.39 is 12.4 Å². The lowest BCUT2D eigenvalue weighted by Gasteiger charge is -2.42. The molecule has 3 N–H and O–H groups in total. The number of imide groups is 1. The van der Waals surface area contributed by atoms with E-state index in [1.165, 1.54) is 4.90 Å². The maximum absolute atomic E-state index is 13.0. The molecule has 0 radical (unpaired) electrons. The monoisotopic (exact) mass is 608 g/mol. The maximum Gasteiger partial charge on any atom is 0.266 e. The summed E-state index contributed by atoms with van der Waals surface area (Å²) in [5.74, 6) is -0.684. The number of rotatable bonds is 9. The summed E-state index contributed by atoms with van der Waals surface area (Å²) in [6.07, 6.45) is -2.16. The van der Waals surface area contributed by atoms with Crippen LogP contribution in [0, 0.1) is 5.92 Å². The van der Waals surface area contributed by atoms with Gasteiger partial charge < -0.3 is 29.7 Å². The number of aliphatic hydroxyl groups is 2. The van der Waals surface area contributed by atoms with Crippen molar-refractivity contribution >= 4 is 17.5 Å². The van der Waals surface area contributed by atoms with Crippen LogP contribution in [0.3, 0.4) is 0 Å². The van der Waals surface area contributed by atoms with Crippen LogP contribution in [0.25, 0.3) is 0 Å². The lowest BCUT2D eigenvalue weighted by molar-refractivity contribution is -0.276. The van der Waals surface area contributed by atoms with E-state index in [9.17, 15) is 24.9 Å². The Kier molecular flexibility index (Phi) is 8.80. The number of carbonyl (C=O) groups is 2. The first-order chi connectivity index (χ1) is 21.7. The molecule has 45 heavy (non-hydrogen) atoms. The number of hydrogen-bond acceptors (Lipinski definition) is 8. The molecule has 2 heterocycles. The molecule has 9 heteroatoms. The number of ether oxygens (including phenoxy) is 2. The van der Waals surface area contributed by atoms with Crippen LogP contribution in [-0.4, -0.2) is 58.3 Å². The fourth-order valence-corrected chi connectivity index (χ4v) is 6.05. The summed E-state index contributed by atoms with van der Waals surface area (Å²) in [6.45, 7) is 2.83. The molecule has 5 atom stereocenters. The lowest BCUT2D eigenvalue weighted by atomic mass is 9.90. The molecular formula is C36H36N2O7. The number of carbonyl (C=O) groups excluding carboxylic acids is 2. The number of hydrogen-bond donors (Lipinski definition) is 3. The lowest BCUT2D eigenvalue weighted by Crippen LogP contribution is -2.44. The normalized spacial score (nSPS) is 22.1. The average molecular weight is 609 g/mol. The van der Waals surface area contributed by atoms with Crippen molar-refractivity contribution < 1.29 is 34.4 Å². The van der Waals surface area contributed by atoms with Crippen LogP contribution in [0.15, 0.2) is 97.1 Å². The SMILES string of the molecule is C[C@@H]1[C@H](CN(C)C[C@@H](O)c2cccc(O)c2)O[C@H](c2ccc(N3C(=O)c4ccccc4C3=O)cc2)O[C@@H]1c1ccc(CO)cc1. The zero-order valence-corrected chi connectivity index (χ0v) is 25.1. The Hall–Kier alpha value is -4.38. The van der Waals surface area contributed by atoms with Crippen LogP contribution in [0.5, 0.6) is 5.75 Å². The molecule has 6 rings (SSSR count). The van der Waals surface area contributed by atoms with Crippen molar-refractivity contribution in [1.82, 2.24) is 4.90 Å². The van der Waals surface area contributed by atoms with E-state index in [2.05, 4.69) is 6.92 Å². The van der Waals surface area contributed by atoms with Crippen molar-refractivity contribution in [3.05, 3.63) is 130 Å². The Labute approximate surface area is 261 Å². The number of fused-ring (bicyclic) bond motifs is 1. The van der Waals surface area contributed by atoms with Gasteiger partial charge in [0.05, 0.1) is 41.7 Å². The summed E-state index contributed by atoms with van der Waals surface area (Å²) in [5, 5.41) is 30.2. The Balaban J connectivity index is 1.23. The van der Waals surface area contributed by atoms with Gasteiger partial charge in [-0.15, -0.1) is 0 Å². The third-order valence-electron chi connectivity index (χ3n) is 8.57. The van der Waals surface area contributed by atoms with Gasteiger partial charge in [0.15, 0.2) is 6.29 Å². The van der Waals surface area contributed by atoms with Gasteiger partial charge in [0, 0.05) is 24.6 Å². The molecule has 9 nitrogen and oxygen atoms in total. The fraction of sp³-hybridized carbons (Fsp3) is 0.278. The second-order valence-corrected chi connectivity index (χ2v) is 11.7. The van der Waals surface area contributed by atoms with Gasteiger partial charge in [0.1, 0.15) is 5.75 Å². The minimum atomic E-state index is -0.801. The summed E-state index contributed by atoms with van der Waals surface area (Å²) in [6, 6.07) is 28.1. The highest BCUT2D eigenvalue weighted by Crippen LogP contribution is 2.42. The van der Waals surface area contributed by atoms with Gasteiger partial charge in [-0.1, -0.05) is 67.6 Å². The Morgan fingerprint density at radius 2 is 1.49 bits per heavy atom. The molecule has 2 aliphatic heterocycles. The number of aromatic hydroxyl groups is 1. The molecule has 2 aliphatic rings. The summed E-state index contributed by atoms with van der Waals surface area (Å²) >= 11 is 0. The highest BCUT2D eigenvalue weighted by Gasteiger charge is 2.40. The standard InChI is InChI=1S/C36H36N2O7/c1-22-32(20-37(2)19-31(41)26-6-5-7-28(40)18-26)44-36(45-33(22)24-12-10-23(21-39)11-13-24)25-14-16-27(17-15-25)38-34(42)29-8-3-4-9-30(29)35(38)43/h3-18,22,31-33,36,39-41H,19-21H2,1-2H3/t22-,31-,32+,33+,36+/m1/s1. The molecule has 0 saturated carbocycles. The van der Waals surface area contributed by atoms with Crippen molar-refractivity contribution in [2.75, 3.05) is 25.0 Å². The van der Waals surface area contributed by atoms with Crippen molar-refractivity contribution in [3.8, 4) is 5.75 Å². The molecule has 1 fully saturated rings. The van der Waals surface area contributed by atoms with E-state index in [-0.39, 0.29) is 42.3 Å². The molecule has 232 valence electrons. The first-order valence-corrected chi connectivity index (χ1v) is 15.0. The summed E-state index contributed by atoms with van der Waals surface area (Å²) < 4.78 is 13.1. The van der Waals surface area contributed by atoms with Crippen molar-refractivity contribution in [3.63, 3.8) is 0 Å². The van der Waals surface area contributed by atoms with Crippen LogP contribution in [0.1, 0.15) is 68.4 Å². The van der Waals surface area contributed by atoms with Gasteiger partial charge in [-0.25, -0.2) is 4.90 Å². The number of benzene rings is 4. The number of phenolic OH excluding ortho intramolecular Hbond substituents is 1. The second-order valence-electron chi connectivity index (χ2n) is 11.7. The number of phenols is 1. The molecular weight excluding hydrogens is 572 g/mol. The van der Waals surface area contributed by atoms with E-state index >= 15 is 0 Å².